The Morgan fingerprint density at radius 3 is 2.72 bits per heavy atom. The zero-order chi connectivity index (χ0) is 13.3. The molecule has 2 rings (SSSR count). The molecule has 2 aromatic rings. The van der Waals surface area contributed by atoms with Gasteiger partial charge in [-0.25, -0.2) is 4.39 Å². The van der Waals surface area contributed by atoms with Crippen LogP contribution in [0.15, 0.2) is 18.2 Å². The number of ether oxygens (including phenoxy) is 1. The van der Waals surface area contributed by atoms with E-state index in [-0.39, 0.29) is 18.2 Å². The Hall–Kier alpha value is -1.55. The second kappa shape index (κ2) is 4.98. The van der Waals surface area contributed by atoms with Crippen LogP contribution >= 0.6 is 11.6 Å². The molecule has 0 fully saturated rings. The molecule has 3 nitrogen and oxygen atoms in total. The van der Waals surface area contributed by atoms with Crippen molar-refractivity contribution < 1.29 is 9.13 Å². The van der Waals surface area contributed by atoms with Crippen molar-refractivity contribution in [2.45, 2.75) is 20.5 Å². The molecule has 0 bridgehead atoms. The van der Waals surface area contributed by atoms with Gasteiger partial charge in [-0.05, 0) is 31.5 Å². The number of hydrogen-bond donors (Lipinski definition) is 0. The minimum absolute atomic E-state index is 0.191. The van der Waals surface area contributed by atoms with Gasteiger partial charge in [-0.15, -0.1) is 0 Å². The van der Waals surface area contributed by atoms with Crippen molar-refractivity contribution in [2.24, 2.45) is 7.05 Å². The molecule has 0 spiro atoms. The fourth-order valence-corrected chi connectivity index (χ4v) is 1.92. The lowest BCUT2D eigenvalue weighted by Gasteiger charge is -2.08. The highest BCUT2D eigenvalue weighted by molar-refractivity contribution is 6.31. The van der Waals surface area contributed by atoms with Crippen LogP contribution in [-0.4, -0.2) is 9.78 Å². The fraction of sp³-hybridized carbons (Fsp3) is 0.308. The van der Waals surface area contributed by atoms with E-state index in [9.17, 15) is 4.39 Å². The fourth-order valence-electron chi connectivity index (χ4n) is 1.70. The van der Waals surface area contributed by atoms with Crippen LogP contribution in [-0.2, 0) is 13.7 Å². The van der Waals surface area contributed by atoms with Crippen LogP contribution in [0.2, 0.25) is 5.02 Å². The number of nitrogens with zero attached hydrogens (tertiary/aromatic N) is 2. The Labute approximate surface area is 110 Å². The zero-order valence-corrected chi connectivity index (χ0v) is 11.3. The molecule has 96 valence electrons. The van der Waals surface area contributed by atoms with Gasteiger partial charge in [0.15, 0.2) is 11.6 Å². The summed E-state index contributed by atoms with van der Waals surface area (Å²) in [5.74, 6) is -0.152. The Kier molecular flexibility index (Phi) is 3.57. The lowest BCUT2D eigenvalue weighted by Crippen LogP contribution is -2.04. The SMILES string of the molecule is Cc1ccc(F)c(OCc2c(Cl)c(C)nn2C)c1. The van der Waals surface area contributed by atoms with Crippen LogP contribution in [0, 0.1) is 19.7 Å². The second-order valence-electron chi connectivity index (χ2n) is 4.19. The molecule has 18 heavy (non-hydrogen) atoms. The first-order valence-corrected chi connectivity index (χ1v) is 5.93. The highest BCUT2D eigenvalue weighted by Crippen LogP contribution is 2.23. The van der Waals surface area contributed by atoms with Crippen molar-refractivity contribution in [3.8, 4) is 5.75 Å². The van der Waals surface area contributed by atoms with E-state index < -0.39 is 0 Å². The summed E-state index contributed by atoms with van der Waals surface area (Å²) in [6.45, 7) is 3.89. The molecule has 0 N–H and O–H groups in total. The predicted octanol–water partition coefficient (Wildman–Crippen LogP) is 3.41. The second-order valence-corrected chi connectivity index (χ2v) is 4.57. The smallest absolute Gasteiger partial charge is 0.165 e. The first kappa shape index (κ1) is 12.9. The number of rotatable bonds is 3. The van der Waals surface area contributed by atoms with Gasteiger partial charge >= 0.3 is 0 Å². The van der Waals surface area contributed by atoms with Crippen molar-refractivity contribution in [2.75, 3.05) is 0 Å². The van der Waals surface area contributed by atoms with Gasteiger partial charge in [-0.1, -0.05) is 17.7 Å². The minimum atomic E-state index is -0.379. The highest BCUT2D eigenvalue weighted by Gasteiger charge is 2.12. The minimum Gasteiger partial charge on any atom is -0.484 e. The largest absolute Gasteiger partial charge is 0.484 e. The standard InChI is InChI=1S/C13H14ClFN2O/c1-8-4-5-10(15)12(6-8)18-7-11-13(14)9(2)16-17(11)3/h4-6H,7H2,1-3H3. The van der Waals surface area contributed by atoms with Crippen molar-refractivity contribution in [1.82, 2.24) is 9.78 Å². The first-order valence-electron chi connectivity index (χ1n) is 5.56. The Morgan fingerprint density at radius 1 is 1.39 bits per heavy atom. The topological polar surface area (TPSA) is 27.1 Å². The van der Waals surface area contributed by atoms with Crippen LogP contribution in [0.3, 0.4) is 0 Å². The van der Waals surface area contributed by atoms with Crippen LogP contribution in [0.25, 0.3) is 0 Å². The van der Waals surface area contributed by atoms with Gasteiger partial charge in [-0.3, -0.25) is 4.68 Å². The molecule has 0 aliphatic carbocycles. The third kappa shape index (κ3) is 2.48. The van der Waals surface area contributed by atoms with Crippen molar-refractivity contribution in [3.63, 3.8) is 0 Å². The summed E-state index contributed by atoms with van der Waals surface area (Å²) in [6, 6.07) is 4.75. The Morgan fingerprint density at radius 2 is 2.11 bits per heavy atom. The van der Waals surface area contributed by atoms with E-state index in [0.717, 1.165) is 17.0 Å². The third-order valence-corrected chi connectivity index (χ3v) is 3.20. The van der Waals surface area contributed by atoms with Crippen LogP contribution in [0.4, 0.5) is 4.39 Å². The maximum Gasteiger partial charge on any atom is 0.165 e. The molecule has 0 aliphatic heterocycles. The Bertz CT molecular complexity index is 581. The number of hydrogen-bond acceptors (Lipinski definition) is 2. The van der Waals surface area contributed by atoms with Crippen molar-refractivity contribution in [1.29, 1.82) is 0 Å². The van der Waals surface area contributed by atoms with E-state index in [1.54, 1.807) is 23.9 Å². The zero-order valence-electron chi connectivity index (χ0n) is 10.5. The summed E-state index contributed by atoms with van der Waals surface area (Å²) in [7, 11) is 1.78. The van der Waals surface area contributed by atoms with Gasteiger partial charge in [0, 0.05) is 7.05 Å². The summed E-state index contributed by atoms with van der Waals surface area (Å²) >= 11 is 6.09. The summed E-state index contributed by atoms with van der Waals surface area (Å²) in [6.07, 6.45) is 0. The quantitative estimate of drug-likeness (QED) is 0.853. The molecular weight excluding hydrogens is 255 g/mol. The lowest BCUT2D eigenvalue weighted by molar-refractivity contribution is 0.280. The van der Waals surface area contributed by atoms with Gasteiger partial charge < -0.3 is 4.74 Å². The van der Waals surface area contributed by atoms with E-state index >= 15 is 0 Å². The van der Waals surface area contributed by atoms with E-state index in [4.69, 9.17) is 16.3 Å². The van der Waals surface area contributed by atoms with E-state index in [2.05, 4.69) is 5.10 Å². The molecule has 0 atom stereocenters. The van der Waals surface area contributed by atoms with Crippen LogP contribution in [0.5, 0.6) is 5.75 Å². The van der Waals surface area contributed by atoms with Gasteiger partial charge in [-0.2, -0.15) is 5.10 Å². The summed E-state index contributed by atoms with van der Waals surface area (Å²) < 4.78 is 20.6. The molecule has 0 aliphatic rings. The molecule has 0 saturated carbocycles. The molecule has 1 aromatic heterocycles. The molecular formula is C13H14ClFN2O. The van der Waals surface area contributed by atoms with Gasteiger partial charge in [0.05, 0.1) is 16.4 Å². The molecule has 0 radical (unpaired) electrons. The molecule has 1 aromatic carbocycles. The number of aryl methyl sites for hydroxylation is 3. The van der Waals surface area contributed by atoms with Crippen LogP contribution < -0.4 is 4.74 Å². The molecule has 0 unspecified atom stereocenters. The first-order chi connectivity index (χ1) is 8.49. The molecule has 5 heteroatoms. The molecule has 0 saturated heterocycles. The predicted molar refractivity (Wildman–Crippen MR) is 68.4 cm³/mol. The summed E-state index contributed by atoms with van der Waals surface area (Å²) in [5, 5.41) is 4.73. The molecule has 0 amide bonds. The average molecular weight is 269 g/mol. The van der Waals surface area contributed by atoms with Crippen molar-refractivity contribution >= 4 is 11.6 Å². The lowest BCUT2D eigenvalue weighted by atomic mass is 10.2. The van der Waals surface area contributed by atoms with Crippen molar-refractivity contribution in [3.05, 3.63) is 46.0 Å². The highest BCUT2D eigenvalue weighted by atomic mass is 35.5. The summed E-state index contributed by atoms with van der Waals surface area (Å²) in [5.41, 5.74) is 2.41. The number of benzene rings is 1. The molecule has 1 heterocycles. The Balaban J connectivity index is 2.19. The number of halogens is 2. The summed E-state index contributed by atoms with van der Waals surface area (Å²) in [4.78, 5) is 0. The van der Waals surface area contributed by atoms with Crippen LogP contribution in [0.1, 0.15) is 17.0 Å². The average Bonchev–Trinajstić information content (AvgIpc) is 2.55. The number of aromatic nitrogens is 2. The maximum absolute atomic E-state index is 13.5. The normalized spacial score (nSPS) is 10.7. The third-order valence-electron chi connectivity index (χ3n) is 2.71. The van der Waals surface area contributed by atoms with E-state index in [1.807, 2.05) is 13.8 Å². The van der Waals surface area contributed by atoms with E-state index in [0.29, 0.717) is 5.02 Å². The maximum atomic E-state index is 13.5. The van der Waals surface area contributed by atoms with Gasteiger partial charge in [0.1, 0.15) is 6.61 Å². The van der Waals surface area contributed by atoms with E-state index in [1.165, 1.54) is 6.07 Å². The monoisotopic (exact) mass is 268 g/mol. The van der Waals surface area contributed by atoms with Gasteiger partial charge in [0.25, 0.3) is 0 Å². The van der Waals surface area contributed by atoms with Gasteiger partial charge in [0.2, 0.25) is 0 Å².